The largest absolute Gasteiger partial charge is 0.491 e. The van der Waals surface area contributed by atoms with Gasteiger partial charge in [-0.2, -0.15) is 5.10 Å². The fraction of sp³-hybridized carbons (Fsp3) is 0.320. The third-order valence-corrected chi connectivity index (χ3v) is 5.55. The molecular formula is C25H27N3O4. The molecule has 7 heteroatoms. The molecule has 0 saturated carbocycles. The Morgan fingerprint density at radius 2 is 1.84 bits per heavy atom. The highest BCUT2D eigenvalue weighted by Crippen LogP contribution is 2.30. The number of hydrogen-bond acceptors (Lipinski definition) is 5. The van der Waals surface area contributed by atoms with Gasteiger partial charge in [0.05, 0.1) is 37.6 Å². The Balaban J connectivity index is 0.000000165. The van der Waals surface area contributed by atoms with Gasteiger partial charge in [0.15, 0.2) is 5.78 Å². The number of ether oxygens (including phenoxy) is 2. The lowest BCUT2D eigenvalue weighted by Gasteiger charge is -2.24. The zero-order valence-corrected chi connectivity index (χ0v) is 18.4. The van der Waals surface area contributed by atoms with E-state index < -0.39 is 0 Å². The summed E-state index contributed by atoms with van der Waals surface area (Å²) in [7, 11) is 1.77. The Hall–Kier alpha value is -3.45. The maximum Gasteiger partial charge on any atom is 0.230 e. The third kappa shape index (κ3) is 4.57. The van der Waals surface area contributed by atoms with Crippen LogP contribution < -0.4 is 9.64 Å². The zero-order valence-electron chi connectivity index (χ0n) is 18.4. The van der Waals surface area contributed by atoms with Crippen LogP contribution in [0.1, 0.15) is 47.6 Å². The highest BCUT2D eigenvalue weighted by atomic mass is 16.5. The minimum atomic E-state index is -0.124. The molecule has 0 saturated heterocycles. The number of anilines is 1. The number of carbonyl (C=O) groups is 2. The number of benzene rings is 2. The molecule has 0 radical (unpaired) electrons. The molecule has 2 aliphatic heterocycles. The zero-order chi connectivity index (χ0) is 22.5. The fourth-order valence-corrected chi connectivity index (χ4v) is 3.78. The number of Topliss-reactive ketones (excluding diaryl/α,β-unsaturated/α-hetero) is 1. The molecule has 1 unspecified atom stereocenters. The van der Waals surface area contributed by atoms with Gasteiger partial charge in [0.1, 0.15) is 17.5 Å². The van der Waals surface area contributed by atoms with E-state index in [4.69, 9.17) is 9.47 Å². The second kappa shape index (κ2) is 9.78. The van der Waals surface area contributed by atoms with Crippen molar-refractivity contribution < 1.29 is 19.1 Å². The first-order chi connectivity index (χ1) is 15.6. The fourth-order valence-electron chi connectivity index (χ4n) is 3.78. The Kier molecular flexibility index (Phi) is 6.66. The molecule has 5 rings (SSSR count). The lowest BCUT2D eigenvalue weighted by Crippen LogP contribution is -2.24. The van der Waals surface area contributed by atoms with E-state index in [1.54, 1.807) is 11.9 Å². The van der Waals surface area contributed by atoms with Crippen LogP contribution in [0.3, 0.4) is 0 Å². The van der Waals surface area contributed by atoms with Crippen molar-refractivity contribution >= 4 is 17.4 Å². The summed E-state index contributed by atoms with van der Waals surface area (Å²) in [6, 6.07) is 19.5. The van der Waals surface area contributed by atoms with Gasteiger partial charge in [0, 0.05) is 13.5 Å². The number of hydrogen-bond donors (Lipinski definition) is 0. The van der Waals surface area contributed by atoms with Gasteiger partial charge >= 0.3 is 0 Å². The number of amides is 1. The molecule has 1 amide bonds. The van der Waals surface area contributed by atoms with Gasteiger partial charge in [0.2, 0.25) is 5.91 Å². The molecule has 3 aromatic rings. The van der Waals surface area contributed by atoms with Crippen LogP contribution in [0.25, 0.3) is 0 Å². The molecule has 166 valence electrons. The highest BCUT2D eigenvalue weighted by molar-refractivity contribution is 5.95. The van der Waals surface area contributed by atoms with Gasteiger partial charge in [0.25, 0.3) is 0 Å². The van der Waals surface area contributed by atoms with Crippen molar-refractivity contribution in [1.82, 2.24) is 9.78 Å². The van der Waals surface area contributed by atoms with E-state index >= 15 is 0 Å². The molecule has 0 spiro atoms. The molecule has 0 fully saturated rings. The summed E-state index contributed by atoms with van der Waals surface area (Å²) in [5.41, 5.74) is 3.46. The van der Waals surface area contributed by atoms with E-state index in [9.17, 15) is 9.59 Å². The molecule has 0 aliphatic carbocycles. The normalized spacial score (nSPS) is 17.2. The van der Waals surface area contributed by atoms with Crippen LogP contribution >= 0.6 is 0 Å². The first kappa shape index (κ1) is 21.8. The minimum absolute atomic E-state index is 0.0775. The average Bonchev–Trinajstić information content (AvgIpc) is 3.23. The third-order valence-electron chi connectivity index (χ3n) is 5.55. The van der Waals surface area contributed by atoms with Crippen LogP contribution in [0.2, 0.25) is 0 Å². The second-order valence-corrected chi connectivity index (χ2v) is 7.63. The van der Waals surface area contributed by atoms with E-state index in [-0.39, 0.29) is 17.8 Å². The Labute approximate surface area is 187 Å². The molecule has 2 aromatic carbocycles. The lowest BCUT2D eigenvalue weighted by atomic mass is 10.0. The molecule has 7 nitrogen and oxygen atoms in total. The molecule has 1 atom stereocenters. The monoisotopic (exact) mass is 433 g/mol. The Bertz CT molecular complexity index is 1090. The van der Waals surface area contributed by atoms with Gasteiger partial charge in [-0.25, -0.2) is 0 Å². The summed E-state index contributed by atoms with van der Waals surface area (Å²) in [5.74, 6) is 0.967. The van der Waals surface area contributed by atoms with E-state index in [2.05, 4.69) is 5.10 Å². The van der Waals surface area contributed by atoms with Crippen molar-refractivity contribution in [1.29, 1.82) is 0 Å². The number of fused-ring (bicyclic) bond motifs is 2. The molecular weight excluding hydrogens is 406 g/mol. The summed E-state index contributed by atoms with van der Waals surface area (Å²) in [5, 5.41) is 4.38. The number of carbonyl (C=O) groups excluding carboxylic acids is 2. The average molecular weight is 434 g/mol. The predicted octanol–water partition coefficient (Wildman–Crippen LogP) is 4.03. The quantitative estimate of drug-likeness (QED) is 0.583. The summed E-state index contributed by atoms with van der Waals surface area (Å²) in [6.45, 7) is 3.65. The predicted molar refractivity (Wildman–Crippen MR) is 121 cm³/mol. The Morgan fingerprint density at radius 1 is 1.09 bits per heavy atom. The van der Waals surface area contributed by atoms with Gasteiger partial charge in [-0.05, 0) is 23.8 Å². The maximum absolute atomic E-state index is 11.8. The van der Waals surface area contributed by atoms with Crippen molar-refractivity contribution in [2.75, 3.05) is 25.2 Å². The summed E-state index contributed by atoms with van der Waals surface area (Å²) in [6.07, 6.45) is 0.805. The smallest absolute Gasteiger partial charge is 0.230 e. The first-order valence-electron chi connectivity index (χ1n) is 10.8. The maximum atomic E-state index is 11.8. The highest BCUT2D eigenvalue weighted by Gasteiger charge is 2.26. The van der Waals surface area contributed by atoms with Crippen molar-refractivity contribution in [2.24, 2.45) is 0 Å². The van der Waals surface area contributed by atoms with E-state index in [0.29, 0.717) is 38.3 Å². The van der Waals surface area contributed by atoms with Crippen LogP contribution in [-0.4, -0.2) is 41.7 Å². The van der Waals surface area contributed by atoms with Crippen LogP contribution in [0.15, 0.2) is 60.7 Å². The van der Waals surface area contributed by atoms with Crippen LogP contribution in [0, 0.1) is 0 Å². The number of aromatic nitrogens is 2. The van der Waals surface area contributed by atoms with Gasteiger partial charge in [-0.3, -0.25) is 14.3 Å². The van der Waals surface area contributed by atoms with Gasteiger partial charge in [-0.1, -0.05) is 49.4 Å². The summed E-state index contributed by atoms with van der Waals surface area (Å²) in [4.78, 5) is 24.8. The minimum Gasteiger partial charge on any atom is -0.491 e. The van der Waals surface area contributed by atoms with Crippen molar-refractivity contribution in [3.8, 4) is 5.75 Å². The molecule has 1 aromatic heterocycles. The first-order valence-corrected chi connectivity index (χ1v) is 10.8. The number of ketones is 1. The van der Waals surface area contributed by atoms with Crippen molar-refractivity contribution in [3.63, 3.8) is 0 Å². The molecule has 32 heavy (non-hydrogen) atoms. The molecule has 0 N–H and O–H groups in total. The number of rotatable bonds is 3. The van der Waals surface area contributed by atoms with Gasteiger partial charge < -0.3 is 14.4 Å². The summed E-state index contributed by atoms with van der Waals surface area (Å²) < 4.78 is 13.2. The number of nitrogens with zero attached hydrogens (tertiary/aromatic N) is 3. The van der Waals surface area contributed by atoms with Crippen LogP contribution in [-0.2, 0) is 16.1 Å². The molecule has 2 aliphatic rings. The van der Waals surface area contributed by atoms with E-state index in [1.807, 2.05) is 72.3 Å². The molecule has 3 heterocycles. The van der Waals surface area contributed by atoms with Crippen molar-refractivity contribution in [2.45, 2.75) is 32.4 Å². The molecule has 0 bridgehead atoms. The van der Waals surface area contributed by atoms with Crippen molar-refractivity contribution in [3.05, 3.63) is 77.6 Å². The Morgan fingerprint density at radius 3 is 2.62 bits per heavy atom. The number of para-hydroxylation sites is 2. The lowest BCUT2D eigenvalue weighted by molar-refractivity contribution is -0.118. The van der Waals surface area contributed by atoms with Crippen LogP contribution in [0.4, 0.5) is 5.69 Å². The van der Waals surface area contributed by atoms with Gasteiger partial charge in [-0.15, -0.1) is 0 Å². The standard InChI is InChI=1S/C15H16N2O2.C10H11NO2/c1-2-14(18)12-10-13-15(11-6-4-3-5-7-11)19-9-8-17(13)16-12;1-11-8-4-2-3-5-9(8)13-7-6-10(11)12/h3-7,10,15H,2,8-9H2,1H3;2-5H,6-7H2,1H3. The van der Waals surface area contributed by atoms with E-state index in [1.165, 1.54) is 0 Å². The summed E-state index contributed by atoms with van der Waals surface area (Å²) >= 11 is 0. The van der Waals surface area contributed by atoms with Crippen LogP contribution in [0.5, 0.6) is 5.75 Å². The topological polar surface area (TPSA) is 73.7 Å². The SMILES string of the molecule is CCC(=O)c1cc2n(n1)CCOC2c1ccccc1.CN1C(=O)CCOc2ccccc21. The van der Waals surface area contributed by atoms with E-state index in [0.717, 1.165) is 22.7 Å². The second-order valence-electron chi connectivity index (χ2n) is 7.63.